The molecule has 0 fully saturated rings. The molecule has 6 heteroatoms. The van der Waals surface area contributed by atoms with Crippen LogP contribution in [0.1, 0.15) is 19.9 Å². The van der Waals surface area contributed by atoms with Crippen LogP contribution in [0.25, 0.3) is 11.2 Å². The van der Waals surface area contributed by atoms with Gasteiger partial charge in [0.2, 0.25) is 0 Å². The maximum atomic E-state index is 4.41. The highest BCUT2D eigenvalue weighted by atomic mass is 32.2. The summed E-state index contributed by atoms with van der Waals surface area (Å²) in [4.78, 5) is 4.41. The summed E-state index contributed by atoms with van der Waals surface area (Å²) in [6.07, 6.45) is 3.87. The normalized spacial score (nSPS) is 11.3. The largest absolute Gasteiger partial charge is 0.318 e. The van der Waals surface area contributed by atoms with Gasteiger partial charge in [-0.05, 0) is 19.9 Å². The molecule has 0 aliphatic rings. The standard InChI is InChI=1S/C10H15N5S/c1-7(2)15-10-9(12-13-15)5-8(6-11-10)14(3)16-4/h5-7H,1-4H3. The van der Waals surface area contributed by atoms with Crippen molar-refractivity contribution >= 4 is 28.8 Å². The fourth-order valence-electron chi connectivity index (χ4n) is 1.45. The lowest BCUT2D eigenvalue weighted by Crippen LogP contribution is -2.06. The smallest absolute Gasteiger partial charge is 0.178 e. The Balaban J connectivity index is 2.49. The summed E-state index contributed by atoms with van der Waals surface area (Å²) in [6.45, 7) is 4.13. The molecular formula is C10H15N5S. The quantitative estimate of drug-likeness (QED) is 0.765. The first kappa shape index (κ1) is 11.2. The van der Waals surface area contributed by atoms with Crippen LogP contribution in [0.3, 0.4) is 0 Å². The molecule has 0 unspecified atom stereocenters. The van der Waals surface area contributed by atoms with Gasteiger partial charge in [0.15, 0.2) is 5.65 Å². The van der Waals surface area contributed by atoms with Crippen LogP contribution in [0.2, 0.25) is 0 Å². The van der Waals surface area contributed by atoms with Crippen LogP contribution >= 0.6 is 11.9 Å². The Morgan fingerprint density at radius 3 is 2.81 bits per heavy atom. The molecule has 0 aliphatic heterocycles. The van der Waals surface area contributed by atoms with Crippen molar-refractivity contribution in [2.24, 2.45) is 0 Å². The number of aromatic nitrogens is 4. The van der Waals surface area contributed by atoms with Gasteiger partial charge in [-0.2, -0.15) is 0 Å². The molecule has 0 atom stereocenters. The summed E-state index contributed by atoms with van der Waals surface area (Å²) in [5.74, 6) is 0. The van der Waals surface area contributed by atoms with E-state index in [2.05, 4.69) is 29.1 Å². The van der Waals surface area contributed by atoms with Gasteiger partial charge in [0.05, 0.1) is 17.9 Å². The molecule has 2 rings (SSSR count). The van der Waals surface area contributed by atoms with Crippen molar-refractivity contribution in [2.75, 3.05) is 17.6 Å². The van der Waals surface area contributed by atoms with Crippen molar-refractivity contribution in [3.63, 3.8) is 0 Å². The monoisotopic (exact) mass is 237 g/mol. The first-order valence-corrected chi connectivity index (χ1v) is 6.30. The Labute approximate surface area is 99.0 Å². The Morgan fingerprint density at radius 1 is 1.44 bits per heavy atom. The predicted octanol–water partition coefficient (Wildman–Crippen LogP) is 2.12. The first-order chi connectivity index (χ1) is 7.63. The molecule has 2 aromatic heterocycles. The number of pyridine rings is 1. The van der Waals surface area contributed by atoms with Gasteiger partial charge in [-0.1, -0.05) is 17.2 Å². The molecule has 0 bridgehead atoms. The summed E-state index contributed by atoms with van der Waals surface area (Å²) in [5.41, 5.74) is 2.72. The van der Waals surface area contributed by atoms with Gasteiger partial charge in [-0.3, -0.25) is 0 Å². The number of anilines is 1. The predicted molar refractivity (Wildman–Crippen MR) is 67.6 cm³/mol. The zero-order valence-corrected chi connectivity index (χ0v) is 10.7. The van der Waals surface area contributed by atoms with Crippen molar-refractivity contribution in [2.45, 2.75) is 19.9 Å². The Hall–Kier alpha value is -1.30. The lowest BCUT2D eigenvalue weighted by molar-refractivity contribution is 0.526. The molecule has 0 spiro atoms. The average Bonchev–Trinajstić information content (AvgIpc) is 2.70. The Kier molecular flexibility index (Phi) is 3.00. The zero-order valence-electron chi connectivity index (χ0n) is 9.88. The highest BCUT2D eigenvalue weighted by molar-refractivity contribution is 7.99. The van der Waals surface area contributed by atoms with Crippen molar-refractivity contribution in [3.8, 4) is 0 Å². The van der Waals surface area contributed by atoms with E-state index < -0.39 is 0 Å². The average molecular weight is 237 g/mol. The fraction of sp³-hybridized carbons (Fsp3) is 0.500. The van der Waals surface area contributed by atoms with Crippen LogP contribution < -0.4 is 4.31 Å². The van der Waals surface area contributed by atoms with Gasteiger partial charge >= 0.3 is 0 Å². The molecule has 0 amide bonds. The third-order valence-corrected chi connectivity index (χ3v) is 3.18. The molecule has 16 heavy (non-hydrogen) atoms. The van der Waals surface area contributed by atoms with Gasteiger partial charge in [-0.25, -0.2) is 9.67 Å². The summed E-state index contributed by atoms with van der Waals surface area (Å²) in [7, 11) is 2.00. The SMILES string of the molecule is CSN(C)c1cnc2c(c1)nnn2C(C)C. The molecule has 0 saturated heterocycles. The Morgan fingerprint density at radius 2 is 2.19 bits per heavy atom. The number of rotatable bonds is 3. The van der Waals surface area contributed by atoms with Crippen LogP contribution in [-0.2, 0) is 0 Å². The van der Waals surface area contributed by atoms with Crippen LogP contribution in [0, 0.1) is 0 Å². The van der Waals surface area contributed by atoms with Crippen molar-refractivity contribution in [1.29, 1.82) is 0 Å². The Bertz CT molecular complexity index is 493. The number of nitrogens with zero attached hydrogens (tertiary/aromatic N) is 5. The van der Waals surface area contributed by atoms with Crippen molar-refractivity contribution in [1.82, 2.24) is 20.0 Å². The fourth-order valence-corrected chi connectivity index (χ4v) is 1.76. The van der Waals surface area contributed by atoms with Gasteiger partial charge in [0.25, 0.3) is 0 Å². The number of hydrogen-bond acceptors (Lipinski definition) is 5. The van der Waals surface area contributed by atoms with E-state index in [4.69, 9.17) is 0 Å². The van der Waals surface area contributed by atoms with Gasteiger partial charge in [0.1, 0.15) is 5.52 Å². The summed E-state index contributed by atoms with van der Waals surface area (Å²) in [5, 5.41) is 8.23. The second-order valence-electron chi connectivity index (χ2n) is 3.84. The van der Waals surface area contributed by atoms with E-state index in [0.717, 1.165) is 16.9 Å². The number of hydrogen-bond donors (Lipinski definition) is 0. The molecule has 0 aromatic carbocycles. The van der Waals surface area contributed by atoms with E-state index in [-0.39, 0.29) is 6.04 Å². The molecule has 0 N–H and O–H groups in total. The van der Waals surface area contributed by atoms with Gasteiger partial charge in [-0.15, -0.1) is 5.10 Å². The van der Waals surface area contributed by atoms with E-state index in [9.17, 15) is 0 Å². The molecule has 5 nitrogen and oxygen atoms in total. The highest BCUT2D eigenvalue weighted by Crippen LogP contribution is 2.22. The molecule has 86 valence electrons. The minimum atomic E-state index is 0.279. The lowest BCUT2D eigenvalue weighted by Gasteiger charge is -2.14. The maximum absolute atomic E-state index is 4.41. The molecule has 2 heterocycles. The molecular weight excluding hydrogens is 222 g/mol. The second-order valence-corrected chi connectivity index (χ2v) is 4.76. The van der Waals surface area contributed by atoms with E-state index in [1.165, 1.54) is 0 Å². The lowest BCUT2D eigenvalue weighted by atomic mass is 10.3. The first-order valence-electron chi connectivity index (χ1n) is 5.12. The summed E-state index contributed by atoms with van der Waals surface area (Å²) >= 11 is 1.64. The minimum absolute atomic E-state index is 0.279. The highest BCUT2D eigenvalue weighted by Gasteiger charge is 2.10. The van der Waals surface area contributed by atoms with E-state index in [0.29, 0.717) is 0 Å². The van der Waals surface area contributed by atoms with Crippen LogP contribution in [-0.4, -0.2) is 33.3 Å². The van der Waals surface area contributed by atoms with E-state index in [1.54, 1.807) is 11.9 Å². The molecule has 2 aromatic rings. The van der Waals surface area contributed by atoms with Gasteiger partial charge < -0.3 is 4.31 Å². The van der Waals surface area contributed by atoms with E-state index in [1.807, 2.05) is 34.6 Å². The van der Waals surface area contributed by atoms with Crippen LogP contribution in [0.5, 0.6) is 0 Å². The zero-order chi connectivity index (χ0) is 11.7. The third-order valence-electron chi connectivity index (χ3n) is 2.43. The molecule has 0 radical (unpaired) electrons. The minimum Gasteiger partial charge on any atom is -0.318 e. The van der Waals surface area contributed by atoms with Crippen molar-refractivity contribution in [3.05, 3.63) is 12.3 Å². The maximum Gasteiger partial charge on any atom is 0.178 e. The summed E-state index contributed by atoms with van der Waals surface area (Å²) < 4.78 is 3.87. The molecule has 0 aliphatic carbocycles. The van der Waals surface area contributed by atoms with Crippen LogP contribution in [0.4, 0.5) is 5.69 Å². The topological polar surface area (TPSA) is 46.8 Å². The summed E-state index contributed by atoms with van der Waals surface area (Å²) in [6, 6.07) is 2.28. The van der Waals surface area contributed by atoms with E-state index >= 15 is 0 Å². The van der Waals surface area contributed by atoms with Gasteiger partial charge in [0, 0.05) is 13.3 Å². The number of fused-ring (bicyclic) bond motifs is 1. The molecule has 0 saturated carbocycles. The third kappa shape index (κ3) is 1.84. The van der Waals surface area contributed by atoms with Crippen LogP contribution in [0.15, 0.2) is 12.3 Å². The van der Waals surface area contributed by atoms with Crippen molar-refractivity contribution < 1.29 is 0 Å². The second kappa shape index (κ2) is 4.29.